The van der Waals surface area contributed by atoms with E-state index >= 15 is 0 Å². The van der Waals surface area contributed by atoms with Gasteiger partial charge in [-0.3, -0.25) is 0 Å². The van der Waals surface area contributed by atoms with Gasteiger partial charge in [0.25, 0.3) is 0 Å². The van der Waals surface area contributed by atoms with Crippen LogP contribution in [0.2, 0.25) is 0 Å². The first kappa shape index (κ1) is 16.0. The molecule has 1 rings (SSSR count). The lowest BCUT2D eigenvalue weighted by Gasteiger charge is -2.31. The Hall–Kier alpha value is -0.0200. The third-order valence-corrected chi connectivity index (χ3v) is 4.20. The van der Waals surface area contributed by atoms with Gasteiger partial charge in [0, 0.05) is 12.5 Å². The highest BCUT2D eigenvalue weighted by Gasteiger charge is 2.28. The highest BCUT2D eigenvalue weighted by molar-refractivity contribution is 9.09. The van der Waals surface area contributed by atoms with Crippen molar-refractivity contribution in [2.24, 2.45) is 5.92 Å². The Kier molecular flexibility index (Phi) is 8.00. The van der Waals surface area contributed by atoms with Crippen molar-refractivity contribution in [2.75, 3.05) is 13.2 Å². The fourth-order valence-electron chi connectivity index (χ4n) is 2.09. The number of hydrogen-bond donors (Lipinski definition) is 0. The van der Waals surface area contributed by atoms with Gasteiger partial charge < -0.3 is 9.47 Å². The molecule has 0 heterocycles. The average Bonchev–Trinajstić information content (AvgIpc) is 2.35. The zero-order chi connectivity index (χ0) is 13.4. The number of unbranched alkanes of at least 4 members (excludes halogenated alkanes) is 2. The van der Waals surface area contributed by atoms with E-state index in [1.54, 1.807) is 0 Å². The smallest absolute Gasteiger partial charge is 0.0961 e. The van der Waals surface area contributed by atoms with E-state index in [0.29, 0.717) is 16.8 Å². The largest absolute Gasteiger partial charge is 0.498 e. The lowest BCUT2D eigenvalue weighted by molar-refractivity contribution is 0.0298. The molecule has 106 valence electrons. The maximum Gasteiger partial charge on any atom is 0.0961 e. The topological polar surface area (TPSA) is 18.5 Å². The van der Waals surface area contributed by atoms with Crippen LogP contribution in [-0.2, 0) is 9.47 Å². The van der Waals surface area contributed by atoms with Crippen molar-refractivity contribution in [3.05, 3.63) is 11.8 Å². The summed E-state index contributed by atoms with van der Waals surface area (Å²) in [6.45, 7) is 8.32. The number of rotatable bonds is 8. The summed E-state index contributed by atoms with van der Waals surface area (Å²) in [5.41, 5.74) is 0. The summed E-state index contributed by atoms with van der Waals surface area (Å²) in [5, 5.41) is 0. The van der Waals surface area contributed by atoms with Crippen LogP contribution in [0.4, 0.5) is 0 Å². The fraction of sp³-hybridized carbons (Fsp3) is 0.867. The molecule has 0 N–H and O–H groups in total. The van der Waals surface area contributed by atoms with E-state index in [4.69, 9.17) is 9.47 Å². The van der Waals surface area contributed by atoms with Crippen LogP contribution >= 0.6 is 15.9 Å². The molecule has 0 aromatic heterocycles. The molecular weight excluding hydrogens is 292 g/mol. The summed E-state index contributed by atoms with van der Waals surface area (Å²) in [5.74, 6) is 1.61. The summed E-state index contributed by atoms with van der Waals surface area (Å²) in [6, 6.07) is 0. The van der Waals surface area contributed by atoms with Crippen LogP contribution in [0.15, 0.2) is 11.8 Å². The summed E-state index contributed by atoms with van der Waals surface area (Å²) >= 11 is 3.70. The lowest BCUT2D eigenvalue weighted by Crippen LogP contribution is -2.31. The Labute approximate surface area is 120 Å². The minimum Gasteiger partial charge on any atom is -0.498 e. The first-order valence-electron chi connectivity index (χ1n) is 7.29. The van der Waals surface area contributed by atoms with Crippen LogP contribution in [0.1, 0.15) is 52.9 Å². The SMILES string of the molecule is CCCCOC1=CC(Br)C(OCCCC)CC1C. The predicted octanol–water partition coefficient (Wildman–Crippen LogP) is 4.68. The van der Waals surface area contributed by atoms with Gasteiger partial charge in [-0.15, -0.1) is 0 Å². The van der Waals surface area contributed by atoms with Gasteiger partial charge in [-0.2, -0.15) is 0 Å². The molecule has 0 aromatic carbocycles. The standard InChI is InChI=1S/C15H27BrO2/c1-4-6-8-17-14-11-13(16)15(10-12(14)3)18-9-7-5-2/h11-13,15H,4-10H2,1-3H3. The van der Waals surface area contributed by atoms with Crippen molar-refractivity contribution in [3.8, 4) is 0 Å². The van der Waals surface area contributed by atoms with Gasteiger partial charge in [0.1, 0.15) is 0 Å². The zero-order valence-electron chi connectivity index (χ0n) is 12.0. The average molecular weight is 319 g/mol. The predicted molar refractivity (Wildman–Crippen MR) is 80.1 cm³/mol. The highest BCUT2D eigenvalue weighted by atomic mass is 79.9. The molecule has 3 atom stereocenters. The normalized spacial score (nSPS) is 28.0. The molecule has 0 fully saturated rings. The minimum absolute atomic E-state index is 0.294. The summed E-state index contributed by atoms with van der Waals surface area (Å²) in [6.07, 6.45) is 8.20. The minimum atomic E-state index is 0.294. The Morgan fingerprint density at radius 1 is 1.22 bits per heavy atom. The van der Waals surface area contributed by atoms with Crippen LogP contribution in [0, 0.1) is 5.92 Å². The van der Waals surface area contributed by atoms with Gasteiger partial charge in [0.05, 0.1) is 23.3 Å². The summed E-state index contributed by atoms with van der Waals surface area (Å²) < 4.78 is 11.8. The van der Waals surface area contributed by atoms with Gasteiger partial charge in [-0.1, -0.05) is 49.5 Å². The van der Waals surface area contributed by atoms with Gasteiger partial charge >= 0.3 is 0 Å². The van der Waals surface area contributed by atoms with E-state index in [9.17, 15) is 0 Å². The van der Waals surface area contributed by atoms with Gasteiger partial charge in [-0.25, -0.2) is 0 Å². The van der Waals surface area contributed by atoms with Crippen LogP contribution in [-0.4, -0.2) is 24.1 Å². The van der Waals surface area contributed by atoms with E-state index in [-0.39, 0.29) is 0 Å². The monoisotopic (exact) mass is 318 g/mol. The first-order chi connectivity index (χ1) is 8.69. The van der Waals surface area contributed by atoms with Crippen LogP contribution in [0.5, 0.6) is 0 Å². The third-order valence-electron chi connectivity index (χ3n) is 3.35. The molecule has 0 saturated heterocycles. The molecule has 3 heteroatoms. The van der Waals surface area contributed by atoms with E-state index in [1.807, 2.05) is 0 Å². The molecule has 0 amide bonds. The number of hydrogen-bond acceptors (Lipinski definition) is 2. The van der Waals surface area contributed by atoms with Crippen molar-refractivity contribution < 1.29 is 9.47 Å². The second kappa shape index (κ2) is 8.98. The molecule has 1 aliphatic rings. The molecule has 0 spiro atoms. The molecule has 0 aliphatic heterocycles. The van der Waals surface area contributed by atoms with Crippen LogP contribution < -0.4 is 0 Å². The fourth-order valence-corrected chi connectivity index (χ4v) is 2.72. The van der Waals surface area contributed by atoms with E-state index in [1.165, 1.54) is 12.8 Å². The lowest BCUT2D eigenvalue weighted by atomic mass is 9.93. The molecular formula is C15H27BrO2. The summed E-state index contributed by atoms with van der Waals surface area (Å²) in [4.78, 5) is 0.294. The van der Waals surface area contributed by atoms with E-state index in [2.05, 4.69) is 42.8 Å². The van der Waals surface area contributed by atoms with Crippen molar-refractivity contribution in [1.29, 1.82) is 0 Å². The Bertz CT molecular complexity index is 253. The van der Waals surface area contributed by atoms with Crippen molar-refractivity contribution in [1.82, 2.24) is 0 Å². The first-order valence-corrected chi connectivity index (χ1v) is 8.20. The van der Waals surface area contributed by atoms with Crippen molar-refractivity contribution in [2.45, 2.75) is 63.8 Å². The van der Waals surface area contributed by atoms with Gasteiger partial charge in [-0.05, 0) is 25.3 Å². The Morgan fingerprint density at radius 3 is 2.56 bits per heavy atom. The molecule has 2 nitrogen and oxygen atoms in total. The third kappa shape index (κ3) is 5.31. The number of alkyl halides is 1. The molecule has 0 bridgehead atoms. The van der Waals surface area contributed by atoms with Gasteiger partial charge in [0.2, 0.25) is 0 Å². The second-order valence-corrected chi connectivity index (χ2v) is 6.17. The Morgan fingerprint density at radius 2 is 1.89 bits per heavy atom. The maximum absolute atomic E-state index is 5.93. The molecule has 1 aliphatic carbocycles. The molecule has 3 unspecified atom stereocenters. The van der Waals surface area contributed by atoms with Gasteiger partial charge in [0.15, 0.2) is 0 Å². The quantitative estimate of drug-likeness (QED) is 0.478. The van der Waals surface area contributed by atoms with Crippen LogP contribution in [0.3, 0.4) is 0 Å². The zero-order valence-corrected chi connectivity index (χ0v) is 13.5. The highest BCUT2D eigenvalue weighted by Crippen LogP contribution is 2.31. The summed E-state index contributed by atoms with van der Waals surface area (Å²) in [7, 11) is 0. The Balaban J connectivity index is 2.41. The molecule has 0 radical (unpaired) electrons. The van der Waals surface area contributed by atoms with Crippen LogP contribution in [0.25, 0.3) is 0 Å². The number of ether oxygens (including phenoxy) is 2. The molecule has 0 saturated carbocycles. The number of halogens is 1. The second-order valence-electron chi connectivity index (χ2n) is 5.12. The number of allylic oxidation sites excluding steroid dienone is 1. The molecule has 18 heavy (non-hydrogen) atoms. The molecule has 0 aromatic rings. The van der Waals surface area contributed by atoms with Crippen molar-refractivity contribution >= 4 is 15.9 Å². The van der Waals surface area contributed by atoms with E-state index in [0.717, 1.165) is 38.2 Å². The maximum atomic E-state index is 5.93. The van der Waals surface area contributed by atoms with Crippen molar-refractivity contribution in [3.63, 3.8) is 0 Å². The van der Waals surface area contributed by atoms with E-state index < -0.39 is 0 Å².